The van der Waals surface area contributed by atoms with Crippen LogP contribution in [0.15, 0.2) is 0 Å². The minimum Gasteiger partial charge on any atom is -0.462 e. The van der Waals surface area contributed by atoms with Crippen LogP contribution in [0.2, 0.25) is 0 Å². The number of aliphatic hydroxyl groups is 1. The number of phosphoric ester groups is 2. The van der Waals surface area contributed by atoms with E-state index in [1.54, 1.807) is 0 Å². The minimum absolute atomic E-state index is 0.104. The Kier molecular flexibility index (Phi) is 56.9. The van der Waals surface area contributed by atoms with Gasteiger partial charge in [-0.05, 0) is 43.4 Å². The molecule has 0 aliphatic heterocycles. The van der Waals surface area contributed by atoms with Crippen molar-refractivity contribution in [3.63, 3.8) is 0 Å². The highest BCUT2D eigenvalue weighted by atomic mass is 31.2. The average Bonchev–Trinajstić information content (AvgIpc) is 3.64. The Morgan fingerprint density at radius 2 is 0.593 bits per heavy atom. The molecule has 0 saturated carbocycles. The van der Waals surface area contributed by atoms with Gasteiger partial charge in [0.2, 0.25) is 0 Å². The van der Waals surface area contributed by atoms with Crippen molar-refractivity contribution in [1.29, 1.82) is 0 Å². The number of aliphatic hydroxyl groups excluding tert-OH is 1. The minimum atomic E-state index is -4.95. The molecule has 0 radical (unpaired) electrons. The van der Waals surface area contributed by atoms with Crippen molar-refractivity contribution in [1.82, 2.24) is 0 Å². The van der Waals surface area contributed by atoms with Gasteiger partial charge in [0.1, 0.15) is 19.3 Å². The maximum Gasteiger partial charge on any atom is 0.472 e. The molecule has 86 heavy (non-hydrogen) atoms. The van der Waals surface area contributed by atoms with Gasteiger partial charge >= 0.3 is 39.5 Å². The molecule has 3 N–H and O–H groups in total. The normalized spacial score (nSPS) is 14.6. The molecule has 0 rings (SSSR count). The van der Waals surface area contributed by atoms with Gasteiger partial charge < -0.3 is 33.8 Å². The molecule has 0 heterocycles. The third kappa shape index (κ3) is 59.7. The molecular formula is C67H130O17P2. The Labute approximate surface area is 524 Å². The molecule has 0 spiro atoms. The Hall–Kier alpha value is -1.94. The van der Waals surface area contributed by atoms with Crippen LogP contribution in [0.25, 0.3) is 0 Å². The van der Waals surface area contributed by atoms with Gasteiger partial charge in [-0.25, -0.2) is 9.13 Å². The Morgan fingerprint density at radius 1 is 0.337 bits per heavy atom. The molecule has 0 aromatic heterocycles. The molecule has 0 amide bonds. The van der Waals surface area contributed by atoms with Crippen molar-refractivity contribution in [2.75, 3.05) is 39.6 Å². The van der Waals surface area contributed by atoms with Crippen LogP contribution in [0.1, 0.15) is 331 Å². The molecule has 510 valence electrons. The Morgan fingerprint density at radius 3 is 0.884 bits per heavy atom. The number of hydrogen-bond donors (Lipinski definition) is 3. The van der Waals surface area contributed by atoms with Gasteiger partial charge in [0.25, 0.3) is 0 Å². The highest BCUT2D eigenvalue weighted by Gasteiger charge is 2.30. The van der Waals surface area contributed by atoms with E-state index in [1.807, 2.05) is 0 Å². The molecule has 19 heteroatoms. The number of esters is 4. The highest BCUT2D eigenvalue weighted by molar-refractivity contribution is 7.47. The smallest absolute Gasteiger partial charge is 0.462 e. The van der Waals surface area contributed by atoms with E-state index in [4.69, 9.17) is 37.0 Å². The van der Waals surface area contributed by atoms with E-state index in [-0.39, 0.29) is 25.7 Å². The zero-order valence-electron chi connectivity index (χ0n) is 55.8. The first-order chi connectivity index (χ1) is 41.3. The van der Waals surface area contributed by atoms with Crippen molar-refractivity contribution in [3.8, 4) is 0 Å². The maximum atomic E-state index is 13.0. The molecule has 3 unspecified atom stereocenters. The highest BCUT2D eigenvalue weighted by Crippen LogP contribution is 2.45. The molecule has 0 saturated heterocycles. The molecular weight excluding hydrogens is 1140 g/mol. The molecule has 0 fully saturated rings. The van der Waals surface area contributed by atoms with E-state index in [9.17, 15) is 43.2 Å². The lowest BCUT2D eigenvalue weighted by Crippen LogP contribution is -2.30. The summed E-state index contributed by atoms with van der Waals surface area (Å²) < 4.78 is 68.1. The molecule has 17 nitrogen and oxygen atoms in total. The average molecular weight is 1270 g/mol. The second-order valence-corrected chi connectivity index (χ2v) is 28.3. The molecule has 0 bridgehead atoms. The SMILES string of the molecule is CCCCCCCCCC(=O)OC[C@H](COP(=O)(O)OC[C@H](O)COP(=O)(O)OC[C@@H](COC(=O)CCCCCCCCCCCCC(C)C)OC(=O)CCCCCCCCCCCCC(C)CC)OC(=O)CCCCCCCCCCCC(C)C. The topological polar surface area (TPSA) is 237 Å². The van der Waals surface area contributed by atoms with Gasteiger partial charge in [-0.1, -0.05) is 280 Å². The van der Waals surface area contributed by atoms with Crippen LogP contribution < -0.4 is 0 Å². The quantitative estimate of drug-likeness (QED) is 0.0222. The van der Waals surface area contributed by atoms with Crippen LogP contribution in [0.4, 0.5) is 0 Å². The lowest BCUT2D eigenvalue weighted by atomic mass is 9.99. The lowest BCUT2D eigenvalue weighted by molar-refractivity contribution is -0.161. The summed E-state index contributed by atoms with van der Waals surface area (Å²) in [5.41, 5.74) is 0. The largest absolute Gasteiger partial charge is 0.472 e. The first-order valence-corrected chi connectivity index (χ1v) is 37.9. The monoisotopic (exact) mass is 1270 g/mol. The number of rotatable bonds is 65. The summed E-state index contributed by atoms with van der Waals surface area (Å²) in [6.07, 6.45) is 40.3. The maximum absolute atomic E-state index is 13.0. The van der Waals surface area contributed by atoms with Crippen LogP contribution >= 0.6 is 15.6 Å². The predicted octanol–water partition coefficient (Wildman–Crippen LogP) is 18.7. The van der Waals surface area contributed by atoms with Crippen molar-refractivity contribution >= 4 is 39.5 Å². The third-order valence-electron chi connectivity index (χ3n) is 15.7. The first-order valence-electron chi connectivity index (χ1n) is 34.9. The summed E-state index contributed by atoms with van der Waals surface area (Å²) in [5.74, 6) is 0.163. The molecule has 0 aliphatic carbocycles. The summed E-state index contributed by atoms with van der Waals surface area (Å²) in [7, 11) is -9.89. The second kappa shape index (κ2) is 58.2. The van der Waals surface area contributed by atoms with Crippen molar-refractivity contribution in [3.05, 3.63) is 0 Å². The zero-order chi connectivity index (χ0) is 63.8. The summed E-state index contributed by atoms with van der Waals surface area (Å²) in [6.45, 7) is 11.8. The summed E-state index contributed by atoms with van der Waals surface area (Å²) in [5, 5.41) is 10.6. The van der Waals surface area contributed by atoms with Gasteiger partial charge in [-0.3, -0.25) is 37.3 Å². The van der Waals surface area contributed by atoms with Crippen LogP contribution in [0, 0.1) is 17.8 Å². The Balaban J connectivity index is 5.23. The van der Waals surface area contributed by atoms with Crippen molar-refractivity contribution < 1.29 is 80.2 Å². The summed E-state index contributed by atoms with van der Waals surface area (Å²) in [6, 6.07) is 0. The van der Waals surface area contributed by atoms with Crippen molar-refractivity contribution in [2.24, 2.45) is 17.8 Å². The van der Waals surface area contributed by atoms with Gasteiger partial charge in [0, 0.05) is 25.7 Å². The van der Waals surface area contributed by atoms with Gasteiger partial charge in [0.15, 0.2) is 12.2 Å². The van der Waals surface area contributed by atoms with Crippen LogP contribution in [0.3, 0.4) is 0 Å². The van der Waals surface area contributed by atoms with E-state index in [0.717, 1.165) is 120 Å². The van der Waals surface area contributed by atoms with E-state index >= 15 is 0 Å². The molecule has 0 aliphatic rings. The van der Waals surface area contributed by atoms with E-state index < -0.39 is 97.5 Å². The van der Waals surface area contributed by atoms with E-state index in [0.29, 0.717) is 25.7 Å². The standard InChI is InChI=1S/C67H130O17P2/c1-8-10-11-12-24-34-41-48-64(69)77-54-62(83-67(72)51-44-37-30-23-17-19-26-32-39-46-59(5)6)56-81-85(73,74)79-52-61(68)53-80-86(75,76)82-57-63(55-78-65(70)49-42-35-28-21-15-13-18-25-31-38-45-58(3)4)84-66(71)50-43-36-29-22-16-14-20-27-33-40-47-60(7)9-2/h58-63,68H,8-57H2,1-7H3,(H,73,74)(H,75,76)/t60?,61-,62+,63+/m0/s1. The lowest BCUT2D eigenvalue weighted by Gasteiger charge is -2.21. The third-order valence-corrected chi connectivity index (χ3v) is 17.6. The van der Waals surface area contributed by atoms with Gasteiger partial charge in [-0.2, -0.15) is 0 Å². The van der Waals surface area contributed by atoms with Crippen LogP contribution in [0.5, 0.6) is 0 Å². The number of carbonyl (C=O) groups is 4. The fraction of sp³-hybridized carbons (Fsp3) is 0.940. The van der Waals surface area contributed by atoms with Crippen molar-refractivity contribution in [2.45, 2.75) is 349 Å². The number of carbonyl (C=O) groups excluding carboxylic acids is 4. The molecule has 0 aromatic rings. The molecule has 0 aromatic carbocycles. The van der Waals surface area contributed by atoms with Gasteiger partial charge in [-0.15, -0.1) is 0 Å². The second-order valence-electron chi connectivity index (χ2n) is 25.4. The number of hydrogen-bond acceptors (Lipinski definition) is 15. The fourth-order valence-electron chi connectivity index (χ4n) is 9.98. The number of unbranched alkanes of at least 4 members (excludes halogenated alkanes) is 32. The fourth-order valence-corrected chi connectivity index (χ4v) is 11.6. The van der Waals surface area contributed by atoms with Crippen LogP contribution in [-0.4, -0.2) is 96.7 Å². The summed E-state index contributed by atoms with van der Waals surface area (Å²) >= 11 is 0. The van der Waals surface area contributed by atoms with E-state index in [2.05, 4.69) is 48.5 Å². The number of phosphoric acid groups is 2. The van der Waals surface area contributed by atoms with E-state index in [1.165, 1.54) is 128 Å². The number of ether oxygens (including phenoxy) is 4. The summed E-state index contributed by atoms with van der Waals surface area (Å²) in [4.78, 5) is 72.3. The zero-order valence-corrected chi connectivity index (χ0v) is 57.6. The molecule has 6 atom stereocenters. The Bertz CT molecular complexity index is 1700. The predicted molar refractivity (Wildman–Crippen MR) is 344 cm³/mol. The van der Waals surface area contributed by atoms with Gasteiger partial charge in [0.05, 0.1) is 26.4 Å². The van der Waals surface area contributed by atoms with Crippen LogP contribution in [-0.2, 0) is 65.4 Å². The first kappa shape index (κ1) is 84.1.